The first-order valence-corrected chi connectivity index (χ1v) is 9.24. The van der Waals surface area contributed by atoms with Crippen LogP contribution in [0.15, 0.2) is 22.3 Å². The molecule has 0 amide bonds. The molecule has 0 aromatic heterocycles. The van der Waals surface area contributed by atoms with Crippen LogP contribution in [0.1, 0.15) is 89.9 Å². The van der Waals surface area contributed by atoms with E-state index in [9.17, 15) is 9.59 Å². The van der Waals surface area contributed by atoms with Gasteiger partial charge in [0, 0.05) is 12.8 Å². The Kier molecular flexibility index (Phi) is 5.28. The van der Waals surface area contributed by atoms with Crippen LogP contribution < -0.4 is 0 Å². The van der Waals surface area contributed by atoms with Gasteiger partial charge >= 0.3 is 0 Å². The summed E-state index contributed by atoms with van der Waals surface area (Å²) in [4.78, 5) is 24.1. The Morgan fingerprint density at radius 1 is 0.409 bits per heavy atom. The normalized spacial score (nSPS) is 25.3. The van der Waals surface area contributed by atoms with Crippen molar-refractivity contribution in [1.82, 2.24) is 0 Å². The summed E-state index contributed by atoms with van der Waals surface area (Å²) >= 11 is 0. The second kappa shape index (κ2) is 7.39. The molecule has 3 rings (SSSR count). The lowest BCUT2D eigenvalue weighted by molar-refractivity contribution is -0.115. The summed E-state index contributed by atoms with van der Waals surface area (Å²) in [6, 6.07) is 0. The van der Waals surface area contributed by atoms with E-state index < -0.39 is 0 Å². The van der Waals surface area contributed by atoms with E-state index in [1.54, 1.807) is 0 Å². The van der Waals surface area contributed by atoms with E-state index in [1.807, 2.05) is 0 Å². The Hall–Kier alpha value is -1.18. The van der Waals surface area contributed by atoms with Crippen molar-refractivity contribution >= 4 is 11.6 Å². The number of carbonyl (C=O) groups is 2. The van der Waals surface area contributed by atoms with Crippen LogP contribution in [0.25, 0.3) is 0 Å². The Morgan fingerprint density at radius 3 is 1.27 bits per heavy atom. The molecule has 3 aliphatic rings. The zero-order chi connectivity index (χ0) is 15.4. The second-order valence-corrected chi connectivity index (χ2v) is 7.13. The number of ketones is 2. The smallest absolute Gasteiger partial charge is 0.159 e. The molecule has 0 N–H and O–H groups in total. The van der Waals surface area contributed by atoms with Crippen LogP contribution in [0.5, 0.6) is 0 Å². The summed E-state index contributed by atoms with van der Waals surface area (Å²) < 4.78 is 0. The first-order chi connectivity index (χ1) is 10.8. The van der Waals surface area contributed by atoms with Gasteiger partial charge in [0.2, 0.25) is 0 Å². The molecule has 2 heteroatoms. The molecule has 22 heavy (non-hydrogen) atoms. The lowest BCUT2D eigenvalue weighted by Gasteiger charge is -2.10. The zero-order valence-corrected chi connectivity index (χ0v) is 13.7. The van der Waals surface area contributed by atoms with Gasteiger partial charge in [-0.15, -0.1) is 0 Å². The maximum absolute atomic E-state index is 12.0. The van der Waals surface area contributed by atoms with E-state index in [-0.39, 0.29) is 0 Å². The average molecular weight is 300 g/mol. The Bertz CT molecular complexity index is 474. The minimum absolute atomic E-state index is 0.425. The molecule has 0 spiro atoms. The van der Waals surface area contributed by atoms with Crippen LogP contribution in [0.3, 0.4) is 0 Å². The molecule has 2 nitrogen and oxygen atoms in total. The molecule has 0 fully saturated rings. The molecule has 0 atom stereocenters. The van der Waals surface area contributed by atoms with E-state index >= 15 is 0 Å². The molecule has 0 radical (unpaired) electrons. The van der Waals surface area contributed by atoms with Crippen LogP contribution in [-0.4, -0.2) is 11.6 Å². The third kappa shape index (κ3) is 3.59. The van der Waals surface area contributed by atoms with Gasteiger partial charge in [-0.05, 0) is 75.4 Å². The van der Waals surface area contributed by atoms with Gasteiger partial charge in [-0.25, -0.2) is 0 Å². The van der Waals surface area contributed by atoms with Gasteiger partial charge in [0.1, 0.15) is 0 Å². The van der Waals surface area contributed by atoms with Crippen molar-refractivity contribution in [2.75, 3.05) is 0 Å². The van der Waals surface area contributed by atoms with Crippen molar-refractivity contribution in [1.29, 1.82) is 0 Å². The van der Waals surface area contributed by atoms with Crippen molar-refractivity contribution in [2.24, 2.45) is 0 Å². The number of rotatable bonds is 0. The first kappa shape index (κ1) is 15.7. The van der Waals surface area contributed by atoms with Crippen LogP contribution in [-0.2, 0) is 9.59 Å². The molecule has 0 aromatic carbocycles. The summed E-state index contributed by atoms with van der Waals surface area (Å²) in [7, 11) is 0. The molecule has 0 aliphatic heterocycles. The number of Topliss-reactive ketones (excluding diaryl/α,β-unsaturated/α-hetero) is 2. The van der Waals surface area contributed by atoms with Crippen molar-refractivity contribution in [3.05, 3.63) is 22.3 Å². The minimum atomic E-state index is 0.425. The number of hydrogen-bond acceptors (Lipinski definition) is 2. The fourth-order valence-corrected chi connectivity index (χ4v) is 4.34. The van der Waals surface area contributed by atoms with Gasteiger partial charge in [0.25, 0.3) is 0 Å². The Balaban J connectivity index is 1.64. The molecule has 120 valence electrons. The summed E-state index contributed by atoms with van der Waals surface area (Å²) in [5.74, 6) is 0.849. The summed E-state index contributed by atoms with van der Waals surface area (Å²) in [5.41, 5.74) is 5.29. The van der Waals surface area contributed by atoms with Crippen molar-refractivity contribution in [3.63, 3.8) is 0 Å². The minimum Gasteiger partial charge on any atom is -0.295 e. The Labute approximate surface area is 134 Å². The van der Waals surface area contributed by atoms with Crippen LogP contribution in [0, 0.1) is 0 Å². The van der Waals surface area contributed by atoms with Gasteiger partial charge in [0.05, 0.1) is 0 Å². The lowest BCUT2D eigenvalue weighted by Crippen LogP contribution is -1.99. The van der Waals surface area contributed by atoms with Gasteiger partial charge in [-0.2, -0.15) is 0 Å². The molecule has 0 bridgehead atoms. The van der Waals surface area contributed by atoms with Gasteiger partial charge < -0.3 is 0 Å². The second-order valence-electron chi connectivity index (χ2n) is 7.13. The van der Waals surface area contributed by atoms with Crippen molar-refractivity contribution < 1.29 is 9.59 Å². The highest BCUT2D eigenvalue weighted by molar-refractivity contribution is 5.99. The van der Waals surface area contributed by atoms with E-state index in [1.165, 1.54) is 48.0 Å². The lowest BCUT2D eigenvalue weighted by atomic mass is 9.95. The molecular weight excluding hydrogens is 272 g/mol. The quantitative estimate of drug-likeness (QED) is 0.614. The molecule has 0 saturated carbocycles. The largest absolute Gasteiger partial charge is 0.295 e. The number of hydrogen-bond donors (Lipinski definition) is 0. The van der Waals surface area contributed by atoms with Gasteiger partial charge in [0.15, 0.2) is 11.6 Å². The molecular formula is C20H28O2. The van der Waals surface area contributed by atoms with E-state index in [0.29, 0.717) is 11.6 Å². The van der Waals surface area contributed by atoms with E-state index in [0.717, 1.165) is 64.2 Å². The topological polar surface area (TPSA) is 34.1 Å². The summed E-state index contributed by atoms with van der Waals surface area (Å²) in [6.07, 6.45) is 14.8. The van der Waals surface area contributed by atoms with E-state index in [2.05, 4.69) is 0 Å². The summed E-state index contributed by atoms with van der Waals surface area (Å²) in [6.45, 7) is 0. The van der Waals surface area contributed by atoms with Gasteiger partial charge in [-0.1, -0.05) is 24.0 Å². The fraction of sp³-hybridized carbons (Fsp3) is 0.700. The van der Waals surface area contributed by atoms with Crippen molar-refractivity contribution in [3.8, 4) is 0 Å². The molecule has 3 aliphatic carbocycles. The first-order valence-electron chi connectivity index (χ1n) is 9.24. The maximum atomic E-state index is 12.0. The highest BCUT2D eigenvalue weighted by Gasteiger charge is 2.24. The monoisotopic (exact) mass is 300 g/mol. The number of allylic oxidation sites excluding steroid dienone is 4. The molecule has 0 unspecified atom stereocenters. The molecule has 0 heterocycles. The van der Waals surface area contributed by atoms with E-state index in [4.69, 9.17) is 0 Å². The van der Waals surface area contributed by atoms with Gasteiger partial charge in [-0.3, -0.25) is 9.59 Å². The zero-order valence-electron chi connectivity index (χ0n) is 13.7. The van der Waals surface area contributed by atoms with Crippen molar-refractivity contribution in [2.45, 2.75) is 89.9 Å². The standard InChI is InChI=1S/C20H28O2/c21-19-14-12-16-8-4-2-6-10-18-15(11-13-20(18)22)7-3-1-5-9-17(16)19/h1-14H2. The van der Waals surface area contributed by atoms with Crippen LogP contribution in [0.2, 0.25) is 0 Å². The van der Waals surface area contributed by atoms with Crippen LogP contribution >= 0.6 is 0 Å². The summed E-state index contributed by atoms with van der Waals surface area (Å²) in [5, 5.41) is 0. The number of carbonyl (C=O) groups excluding carboxylic acids is 2. The fourth-order valence-electron chi connectivity index (χ4n) is 4.34. The SMILES string of the molecule is O=C1CCC2=C1CCCCCC1=C(CCCCC2)C(=O)CC1. The van der Waals surface area contributed by atoms with Crippen LogP contribution in [0.4, 0.5) is 0 Å². The predicted octanol–water partition coefficient (Wildman–Crippen LogP) is 5.22. The predicted molar refractivity (Wildman–Crippen MR) is 88.7 cm³/mol. The third-order valence-corrected chi connectivity index (χ3v) is 5.65. The highest BCUT2D eigenvalue weighted by Crippen LogP contribution is 2.34. The molecule has 0 aromatic rings. The highest BCUT2D eigenvalue weighted by atomic mass is 16.1. The maximum Gasteiger partial charge on any atom is 0.159 e. The third-order valence-electron chi connectivity index (χ3n) is 5.65. The Morgan fingerprint density at radius 2 is 0.818 bits per heavy atom. The average Bonchev–Trinajstić information content (AvgIpc) is 3.03. The molecule has 0 saturated heterocycles.